The van der Waals surface area contributed by atoms with Crippen LogP contribution in [0.25, 0.3) is 0 Å². The predicted molar refractivity (Wildman–Crippen MR) is 164 cm³/mol. The molecule has 4 aromatic rings. The van der Waals surface area contributed by atoms with Crippen LogP contribution in [0.3, 0.4) is 0 Å². The molecule has 0 spiro atoms. The largest absolute Gasteiger partial charge is 0.416 e. The summed E-state index contributed by atoms with van der Waals surface area (Å²) in [7, 11) is 0. The van der Waals surface area contributed by atoms with Gasteiger partial charge in [0.1, 0.15) is 5.82 Å². The maximum atomic E-state index is 14.7. The van der Waals surface area contributed by atoms with Crippen molar-refractivity contribution < 1.29 is 22.5 Å². The highest BCUT2D eigenvalue weighted by Gasteiger charge is 2.35. The third-order valence-electron chi connectivity index (χ3n) is 7.50. The second kappa shape index (κ2) is 14.1. The molecule has 1 saturated heterocycles. The van der Waals surface area contributed by atoms with Crippen LogP contribution in [-0.2, 0) is 32.2 Å². The van der Waals surface area contributed by atoms with Gasteiger partial charge in [-0.3, -0.25) is 24.4 Å². The number of hydrogen-bond donors (Lipinski definition) is 0. The van der Waals surface area contributed by atoms with Crippen LogP contribution < -0.4 is 16.1 Å². The van der Waals surface area contributed by atoms with E-state index in [1.54, 1.807) is 29.2 Å². The second-order valence-electron chi connectivity index (χ2n) is 10.4. The lowest BCUT2D eigenvalue weighted by molar-refractivity contribution is -0.384. The van der Waals surface area contributed by atoms with Crippen molar-refractivity contribution in [2.24, 2.45) is 0 Å². The topological polar surface area (TPSA) is 107 Å². The zero-order valence-electron chi connectivity index (χ0n) is 23.9. The van der Waals surface area contributed by atoms with Crippen molar-refractivity contribution in [1.82, 2.24) is 19.2 Å². The Balaban J connectivity index is 0.00000461. The van der Waals surface area contributed by atoms with E-state index in [4.69, 9.17) is 0 Å². The van der Waals surface area contributed by atoms with E-state index in [0.717, 1.165) is 33.9 Å². The average Bonchev–Trinajstić information content (AvgIpc) is 3.00. The summed E-state index contributed by atoms with van der Waals surface area (Å²) in [5.74, 6) is -1.27. The van der Waals surface area contributed by atoms with E-state index in [0.29, 0.717) is 43.8 Å². The molecule has 0 atom stereocenters. The van der Waals surface area contributed by atoms with Gasteiger partial charge >= 0.3 is 11.9 Å². The first-order chi connectivity index (χ1) is 21.0. The summed E-state index contributed by atoms with van der Waals surface area (Å²) in [5, 5.41) is 15.3. The first kappa shape index (κ1) is 33.4. The standard InChI is InChI=1S/C30H28F4N6O4.H2S/c31-26-11-5-10-25(30(32,33)34)24(26)20-39-29(42)38(13-12-21-6-2-1-3-7-21)28(41)27(35-39)37-16-14-36(15-17-37)19-22-8-4-9-23(18-22)40(43)44;/h1-11,18H,12-17,19-20H2;1H2. The molecule has 238 valence electrons. The fourth-order valence-electron chi connectivity index (χ4n) is 5.21. The first-order valence-electron chi connectivity index (χ1n) is 13.8. The van der Waals surface area contributed by atoms with E-state index in [9.17, 15) is 37.3 Å². The van der Waals surface area contributed by atoms with Crippen LogP contribution in [0.4, 0.5) is 29.1 Å². The summed E-state index contributed by atoms with van der Waals surface area (Å²) in [6, 6.07) is 17.9. The van der Waals surface area contributed by atoms with Crippen molar-refractivity contribution in [3.63, 3.8) is 0 Å². The van der Waals surface area contributed by atoms with Gasteiger partial charge in [-0.2, -0.15) is 26.7 Å². The van der Waals surface area contributed by atoms with E-state index in [-0.39, 0.29) is 31.5 Å². The van der Waals surface area contributed by atoms with E-state index in [1.165, 1.54) is 12.1 Å². The van der Waals surface area contributed by atoms with Crippen molar-refractivity contribution in [3.05, 3.63) is 132 Å². The number of alkyl halides is 3. The van der Waals surface area contributed by atoms with Gasteiger partial charge in [0.2, 0.25) is 5.82 Å². The molecule has 1 aliphatic heterocycles. The number of nitro benzene ring substituents is 1. The maximum Gasteiger partial charge on any atom is 0.416 e. The Kier molecular flexibility index (Phi) is 10.4. The Bertz CT molecular complexity index is 1770. The monoisotopic (exact) mass is 646 g/mol. The number of piperazine rings is 1. The summed E-state index contributed by atoms with van der Waals surface area (Å²) in [6.45, 7) is 1.01. The molecule has 0 aliphatic carbocycles. The summed E-state index contributed by atoms with van der Waals surface area (Å²) in [5.41, 5.74) is -2.07. The molecule has 0 bridgehead atoms. The van der Waals surface area contributed by atoms with Gasteiger partial charge in [-0.15, -0.1) is 5.10 Å². The Morgan fingerprint density at radius 1 is 0.867 bits per heavy atom. The molecule has 15 heteroatoms. The molecule has 45 heavy (non-hydrogen) atoms. The van der Waals surface area contributed by atoms with Gasteiger partial charge in [-0.05, 0) is 29.7 Å². The van der Waals surface area contributed by atoms with Gasteiger partial charge in [0.25, 0.3) is 11.2 Å². The quantitative estimate of drug-likeness (QED) is 0.153. The Morgan fingerprint density at radius 2 is 1.53 bits per heavy atom. The molecular weight excluding hydrogens is 616 g/mol. The van der Waals surface area contributed by atoms with Gasteiger partial charge in [0.15, 0.2) is 0 Å². The van der Waals surface area contributed by atoms with Gasteiger partial charge in [0.05, 0.1) is 17.0 Å². The molecule has 5 rings (SSSR count). The lowest BCUT2D eigenvalue weighted by atomic mass is 10.1. The molecule has 0 unspecified atom stereocenters. The number of anilines is 1. The minimum atomic E-state index is -4.87. The highest BCUT2D eigenvalue weighted by Crippen LogP contribution is 2.33. The summed E-state index contributed by atoms with van der Waals surface area (Å²) in [6.07, 6.45) is -4.58. The van der Waals surface area contributed by atoms with Crippen molar-refractivity contribution in [2.45, 2.75) is 32.2 Å². The van der Waals surface area contributed by atoms with E-state index >= 15 is 0 Å². The van der Waals surface area contributed by atoms with Crippen LogP contribution >= 0.6 is 13.5 Å². The van der Waals surface area contributed by atoms with Crippen molar-refractivity contribution in [2.75, 3.05) is 31.1 Å². The molecule has 0 saturated carbocycles. The minimum absolute atomic E-state index is 0. The molecule has 1 aromatic heterocycles. The SMILES string of the molecule is O=c1c(N2CCN(Cc3cccc([N+](=O)[O-])c3)CC2)nn(Cc2c(F)cccc2C(F)(F)F)c(=O)n1CCc1ccccc1.S. The van der Waals surface area contributed by atoms with E-state index in [1.807, 2.05) is 23.1 Å². The average molecular weight is 647 g/mol. The van der Waals surface area contributed by atoms with Crippen LogP contribution in [-0.4, -0.2) is 50.3 Å². The number of nitro groups is 1. The Morgan fingerprint density at radius 3 is 2.20 bits per heavy atom. The Labute approximate surface area is 261 Å². The minimum Gasteiger partial charge on any atom is -0.348 e. The summed E-state index contributed by atoms with van der Waals surface area (Å²) >= 11 is 0. The van der Waals surface area contributed by atoms with Crippen LogP contribution in [0.15, 0.2) is 82.4 Å². The molecule has 1 fully saturated rings. The molecule has 10 nitrogen and oxygen atoms in total. The fraction of sp³-hybridized carbons (Fsp3) is 0.300. The molecule has 3 aromatic carbocycles. The van der Waals surface area contributed by atoms with Crippen LogP contribution in [0.1, 0.15) is 22.3 Å². The number of aromatic nitrogens is 3. The van der Waals surface area contributed by atoms with Gasteiger partial charge in [-0.1, -0.05) is 48.5 Å². The Hall–Kier alpha value is -4.50. The predicted octanol–water partition coefficient (Wildman–Crippen LogP) is 4.20. The van der Waals surface area contributed by atoms with Crippen molar-refractivity contribution in [1.29, 1.82) is 0 Å². The number of nitrogens with zero attached hydrogens (tertiary/aromatic N) is 6. The van der Waals surface area contributed by atoms with Crippen LogP contribution in [0.2, 0.25) is 0 Å². The maximum absolute atomic E-state index is 14.7. The van der Waals surface area contributed by atoms with Crippen molar-refractivity contribution >= 4 is 25.0 Å². The first-order valence-corrected chi connectivity index (χ1v) is 13.8. The molecular formula is C30H30F4N6O4S. The smallest absolute Gasteiger partial charge is 0.348 e. The molecule has 2 heterocycles. The summed E-state index contributed by atoms with van der Waals surface area (Å²) < 4.78 is 57.6. The van der Waals surface area contributed by atoms with Gasteiger partial charge in [-0.25, -0.2) is 13.9 Å². The van der Waals surface area contributed by atoms with Crippen LogP contribution in [0.5, 0.6) is 0 Å². The number of rotatable bonds is 9. The zero-order valence-corrected chi connectivity index (χ0v) is 24.9. The molecule has 0 radical (unpaired) electrons. The number of aryl methyl sites for hydroxylation is 1. The fourth-order valence-corrected chi connectivity index (χ4v) is 5.21. The molecule has 0 amide bonds. The third-order valence-corrected chi connectivity index (χ3v) is 7.50. The van der Waals surface area contributed by atoms with E-state index in [2.05, 4.69) is 5.10 Å². The lowest BCUT2D eigenvalue weighted by Crippen LogP contribution is -2.51. The summed E-state index contributed by atoms with van der Waals surface area (Å²) in [4.78, 5) is 41.4. The second-order valence-corrected chi connectivity index (χ2v) is 10.4. The number of non-ortho nitro benzene ring substituents is 1. The third kappa shape index (κ3) is 7.78. The highest BCUT2D eigenvalue weighted by atomic mass is 32.1. The van der Waals surface area contributed by atoms with Crippen molar-refractivity contribution in [3.8, 4) is 0 Å². The van der Waals surface area contributed by atoms with Gasteiger partial charge < -0.3 is 4.90 Å². The zero-order chi connectivity index (χ0) is 31.4. The number of benzene rings is 3. The van der Waals surface area contributed by atoms with Gasteiger partial charge in [0, 0.05) is 57.0 Å². The highest BCUT2D eigenvalue weighted by molar-refractivity contribution is 7.59. The molecule has 0 N–H and O–H groups in total. The molecule has 1 aliphatic rings. The normalized spacial score (nSPS) is 13.8. The number of hydrogen-bond acceptors (Lipinski definition) is 7. The van der Waals surface area contributed by atoms with E-state index < -0.39 is 45.8 Å². The number of halogens is 4. The van der Waals surface area contributed by atoms with Crippen LogP contribution in [0, 0.1) is 15.9 Å². The lowest BCUT2D eigenvalue weighted by Gasteiger charge is -2.35.